The Kier molecular flexibility index (Phi) is 50.3. The molecule has 0 saturated heterocycles. The van der Waals surface area contributed by atoms with Crippen molar-refractivity contribution in [3.05, 3.63) is 0 Å². The molecule has 0 amide bonds. The van der Waals surface area contributed by atoms with Crippen molar-refractivity contribution in [3.8, 4) is 0 Å². The van der Waals surface area contributed by atoms with Gasteiger partial charge in [-0.3, -0.25) is 14.4 Å². The van der Waals surface area contributed by atoms with Gasteiger partial charge in [-0.25, -0.2) is 0 Å². The van der Waals surface area contributed by atoms with Crippen LogP contribution in [0.5, 0.6) is 0 Å². The molecule has 3 N–H and O–H groups in total. The van der Waals surface area contributed by atoms with Gasteiger partial charge in [-0.15, -0.1) is 0 Å². The molecule has 0 aliphatic rings. The fourth-order valence-corrected chi connectivity index (χ4v) is 5.82. The van der Waals surface area contributed by atoms with Crippen LogP contribution in [0.2, 0.25) is 0 Å². The van der Waals surface area contributed by atoms with Crippen LogP contribution in [0.1, 0.15) is 252 Å². The smallest absolute Gasteiger partial charge is 0.303 e. The Morgan fingerprint density at radius 2 is 0.375 bits per heavy atom. The Bertz CT molecular complexity index is 636. The first-order chi connectivity index (χ1) is 23.3. The van der Waals surface area contributed by atoms with Crippen LogP contribution in [-0.2, 0) is 14.4 Å². The molecular weight excluding hydrogens is 600 g/mol. The second kappa shape index (κ2) is 47.5. The molecule has 0 atom stereocenters. The van der Waals surface area contributed by atoms with Gasteiger partial charge in [0.1, 0.15) is 0 Å². The van der Waals surface area contributed by atoms with E-state index < -0.39 is 17.9 Å². The molecule has 0 rings (SSSR count). The summed E-state index contributed by atoms with van der Waals surface area (Å²) in [5.41, 5.74) is 0. The standard InChI is InChI=1S/C18H36O2.C14H28O2.C10H20O2/c1-2-3-4-5-6-7-8-9-10-11-12-13-14-15-16-17-18(19)20;1-2-3-4-5-6-7-8-9-10-11-12-13-14(15)16;1-2-3-4-5-6-7-8-9-10(11)12/h2-17H2,1H3,(H,19,20);2-13H2,1H3,(H,15,16);2-9H2,1H3,(H,11,12). The van der Waals surface area contributed by atoms with Crippen LogP contribution in [0.25, 0.3) is 0 Å². The molecule has 0 spiro atoms. The van der Waals surface area contributed by atoms with Crippen LogP contribution in [0.3, 0.4) is 0 Å². The molecule has 0 fully saturated rings. The van der Waals surface area contributed by atoms with Gasteiger partial charge in [0.15, 0.2) is 0 Å². The third-order valence-corrected chi connectivity index (χ3v) is 8.98. The second-order valence-electron chi connectivity index (χ2n) is 14.0. The van der Waals surface area contributed by atoms with Gasteiger partial charge in [-0.2, -0.15) is 0 Å². The molecule has 0 saturated carbocycles. The number of hydrogen-bond acceptors (Lipinski definition) is 3. The maximum absolute atomic E-state index is 10.3. The SMILES string of the molecule is CCCCCCCCCC(=O)O.CCCCCCCCCCCCCC(=O)O.CCCCCCCCCCCCCCCCCC(=O)O. The van der Waals surface area contributed by atoms with Crippen LogP contribution in [0.15, 0.2) is 0 Å². The van der Waals surface area contributed by atoms with E-state index in [0.29, 0.717) is 19.3 Å². The van der Waals surface area contributed by atoms with Crippen molar-refractivity contribution in [2.45, 2.75) is 252 Å². The molecule has 0 aromatic rings. The lowest BCUT2D eigenvalue weighted by molar-refractivity contribution is -0.138. The third kappa shape index (κ3) is 59.8. The molecule has 0 aliphatic carbocycles. The first-order valence-corrected chi connectivity index (χ1v) is 21.0. The zero-order valence-corrected chi connectivity index (χ0v) is 32.5. The second-order valence-corrected chi connectivity index (χ2v) is 14.0. The molecular formula is C42H84O6. The average molecular weight is 685 g/mol. The Balaban J connectivity index is -0.000000654. The van der Waals surface area contributed by atoms with Crippen molar-refractivity contribution in [3.63, 3.8) is 0 Å². The summed E-state index contributed by atoms with van der Waals surface area (Å²) in [5, 5.41) is 25.3. The van der Waals surface area contributed by atoms with Crippen LogP contribution >= 0.6 is 0 Å². The Labute approximate surface area is 299 Å². The summed E-state index contributed by atoms with van der Waals surface area (Å²) in [7, 11) is 0. The minimum atomic E-state index is -0.663. The summed E-state index contributed by atoms with van der Waals surface area (Å²) >= 11 is 0. The highest BCUT2D eigenvalue weighted by Gasteiger charge is 1.99. The van der Waals surface area contributed by atoms with Gasteiger partial charge in [-0.1, -0.05) is 213 Å². The maximum Gasteiger partial charge on any atom is 0.303 e. The van der Waals surface area contributed by atoms with E-state index in [4.69, 9.17) is 15.3 Å². The number of carboxylic acids is 3. The maximum atomic E-state index is 10.3. The Morgan fingerprint density at radius 1 is 0.250 bits per heavy atom. The van der Waals surface area contributed by atoms with Crippen LogP contribution in [0, 0.1) is 0 Å². The van der Waals surface area contributed by atoms with E-state index >= 15 is 0 Å². The summed E-state index contributed by atoms with van der Waals surface area (Å²) in [6, 6.07) is 0. The predicted molar refractivity (Wildman–Crippen MR) is 206 cm³/mol. The van der Waals surface area contributed by atoms with E-state index in [0.717, 1.165) is 38.5 Å². The topological polar surface area (TPSA) is 112 Å². The van der Waals surface area contributed by atoms with Crippen LogP contribution in [-0.4, -0.2) is 33.2 Å². The molecule has 0 aromatic carbocycles. The van der Waals surface area contributed by atoms with E-state index in [1.807, 2.05) is 0 Å². The fourth-order valence-electron chi connectivity index (χ4n) is 5.82. The van der Waals surface area contributed by atoms with Crippen molar-refractivity contribution in [2.75, 3.05) is 0 Å². The normalized spacial score (nSPS) is 10.6. The zero-order valence-electron chi connectivity index (χ0n) is 32.5. The highest BCUT2D eigenvalue weighted by molar-refractivity contribution is 5.67. The molecule has 0 heterocycles. The summed E-state index contributed by atoms with van der Waals surface area (Å²) in [4.78, 5) is 30.7. The van der Waals surface area contributed by atoms with E-state index in [1.54, 1.807) is 0 Å². The molecule has 0 bridgehead atoms. The van der Waals surface area contributed by atoms with Gasteiger partial charge in [0.2, 0.25) is 0 Å². The fraction of sp³-hybridized carbons (Fsp3) is 0.929. The van der Waals surface area contributed by atoms with E-state index in [1.165, 1.54) is 173 Å². The predicted octanol–water partition coefficient (Wildman–Crippen LogP) is 14.3. The van der Waals surface area contributed by atoms with Gasteiger partial charge in [-0.05, 0) is 19.3 Å². The monoisotopic (exact) mass is 685 g/mol. The number of unbranched alkanes of at least 4 members (excludes halogenated alkanes) is 30. The van der Waals surface area contributed by atoms with Gasteiger partial charge >= 0.3 is 17.9 Å². The van der Waals surface area contributed by atoms with Gasteiger partial charge < -0.3 is 15.3 Å². The highest BCUT2D eigenvalue weighted by Crippen LogP contribution is 2.14. The van der Waals surface area contributed by atoms with Crippen molar-refractivity contribution in [1.29, 1.82) is 0 Å². The number of carbonyl (C=O) groups is 3. The minimum absolute atomic E-state index is 0.341. The zero-order chi connectivity index (χ0) is 36.2. The Morgan fingerprint density at radius 3 is 0.500 bits per heavy atom. The van der Waals surface area contributed by atoms with Crippen molar-refractivity contribution < 1.29 is 29.7 Å². The summed E-state index contributed by atoms with van der Waals surface area (Å²) in [5.74, 6) is -1.97. The lowest BCUT2D eigenvalue weighted by atomic mass is 10.0. The first kappa shape index (κ1) is 50.8. The molecule has 6 nitrogen and oxygen atoms in total. The van der Waals surface area contributed by atoms with Gasteiger partial charge in [0, 0.05) is 19.3 Å². The molecule has 0 radical (unpaired) electrons. The summed E-state index contributed by atoms with van der Waals surface area (Å²) in [6.45, 7) is 6.72. The van der Waals surface area contributed by atoms with E-state index in [9.17, 15) is 14.4 Å². The van der Waals surface area contributed by atoms with Gasteiger partial charge in [0.25, 0.3) is 0 Å². The number of hydrogen-bond donors (Lipinski definition) is 3. The highest BCUT2D eigenvalue weighted by atomic mass is 16.4. The molecule has 288 valence electrons. The van der Waals surface area contributed by atoms with Crippen molar-refractivity contribution in [1.82, 2.24) is 0 Å². The average Bonchev–Trinajstić information content (AvgIpc) is 3.05. The van der Waals surface area contributed by atoms with Crippen molar-refractivity contribution >= 4 is 17.9 Å². The van der Waals surface area contributed by atoms with Crippen LogP contribution in [0.4, 0.5) is 0 Å². The summed E-state index contributed by atoms with van der Waals surface area (Å²) < 4.78 is 0. The lowest BCUT2D eigenvalue weighted by Gasteiger charge is -2.03. The largest absolute Gasteiger partial charge is 0.481 e. The molecule has 6 heteroatoms. The van der Waals surface area contributed by atoms with E-state index in [2.05, 4.69) is 20.8 Å². The molecule has 48 heavy (non-hydrogen) atoms. The Hall–Kier alpha value is -1.59. The molecule has 0 unspecified atom stereocenters. The minimum Gasteiger partial charge on any atom is -0.481 e. The number of aliphatic carboxylic acids is 3. The first-order valence-electron chi connectivity index (χ1n) is 21.0. The van der Waals surface area contributed by atoms with Crippen LogP contribution < -0.4 is 0 Å². The molecule has 0 aromatic heterocycles. The lowest BCUT2D eigenvalue weighted by Crippen LogP contribution is -1.93. The quantitative estimate of drug-likeness (QED) is 0.0566. The van der Waals surface area contributed by atoms with Crippen molar-refractivity contribution in [2.24, 2.45) is 0 Å². The number of rotatable bonds is 36. The van der Waals surface area contributed by atoms with Gasteiger partial charge in [0.05, 0.1) is 0 Å². The molecule has 0 aliphatic heterocycles. The van der Waals surface area contributed by atoms with E-state index in [-0.39, 0.29) is 0 Å². The third-order valence-electron chi connectivity index (χ3n) is 8.98. The summed E-state index contributed by atoms with van der Waals surface area (Å²) in [6.07, 6.45) is 43.2. The number of carboxylic acid groups (broad SMARTS) is 3.